The maximum atomic E-state index is 14.6. The SMILES string of the molecule is CC1CC(C)(C)C(CNc2cc(F)c(S(=O)(=O)Nc3nccs3)cc2Cl)C1N. The molecule has 3 atom stereocenters. The van der Waals surface area contributed by atoms with Crippen LogP contribution in [-0.2, 0) is 10.0 Å². The Hall–Kier alpha value is -1.42. The Kier molecular flexibility index (Phi) is 5.91. The lowest BCUT2D eigenvalue weighted by Gasteiger charge is -2.30. The summed E-state index contributed by atoms with van der Waals surface area (Å²) in [6, 6.07) is 2.25. The van der Waals surface area contributed by atoms with E-state index in [1.165, 1.54) is 6.20 Å². The van der Waals surface area contributed by atoms with Crippen molar-refractivity contribution < 1.29 is 12.8 Å². The van der Waals surface area contributed by atoms with E-state index >= 15 is 0 Å². The van der Waals surface area contributed by atoms with Crippen molar-refractivity contribution in [3.8, 4) is 0 Å². The smallest absolute Gasteiger partial charge is 0.266 e. The Morgan fingerprint density at radius 3 is 2.71 bits per heavy atom. The van der Waals surface area contributed by atoms with Crippen molar-refractivity contribution >= 4 is 43.8 Å². The lowest BCUT2D eigenvalue weighted by atomic mass is 9.80. The second-order valence-electron chi connectivity index (χ2n) is 7.94. The van der Waals surface area contributed by atoms with Gasteiger partial charge in [0.1, 0.15) is 10.7 Å². The topological polar surface area (TPSA) is 97.1 Å². The minimum atomic E-state index is -4.13. The molecule has 0 bridgehead atoms. The first-order chi connectivity index (χ1) is 13.0. The van der Waals surface area contributed by atoms with Gasteiger partial charge in [-0.1, -0.05) is 32.4 Å². The molecule has 2 aromatic rings. The van der Waals surface area contributed by atoms with E-state index in [2.05, 4.69) is 35.8 Å². The predicted octanol–water partition coefficient (Wildman–Crippen LogP) is 4.16. The van der Waals surface area contributed by atoms with Crippen molar-refractivity contribution in [2.45, 2.75) is 38.1 Å². The first kappa shape index (κ1) is 21.3. The molecule has 0 saturated heterocycles. The van der Waals surface area contributed by atoms with Gasteiger partial charge in [0.15, 0.2) is 5.13 Å². The standard InChI is InChI=1S/C18H24ClFN4O2S2/c1-10-8-18(2,3)11(16(10)21)9-23-14-7-13(20)15(6-12(14)19)28(25,26)24-17-22-4-5-27-17/h4-7,10-11,16,23H,8-9,21H2,1-3H3,(H,22,24). The van der Waals surface area contributed by atoms with E-state index < -0.39 is 20.7 Å². The molecular formula is C18H24ClFN4O2S2. The summed E-state index contributed by atoms with van der Waals surface area (Å²) >= 11 is 7.34. The second kappa shape index (κ2) is 7.78. The number of hydrogen-bond donors (Lipinski definition) is 3. The van der Waals surface area contributed by atoms with E-state index in [-0.39, 0.29) is 27.5 Å². The predicted molar refractivity (Wildman–Crippen MR) is 112 cm³/mol. The number of thiazole rings is 1. The Morgan fingerprint density at radius 2 is 2.14 bits per heavy atom. The van der Waals surface area contributed by atoms with Gasteiger partial charge < -0.3 is 11.1 Å². The summed E-state index contributed by atoms with van der Waals surface area (Å²) in [6.45, 7) is 7.00. The first-order valence-corrected chi connectivity index (χ1v) is 11.7. The summed E-state index contributed by atoms with van der Waals surface area (Å²) < 4.78 is 41.7. The fourth-order valence-electron chi connectivity index (χ4n) is 3.98. The van der Waals surface area contributed by atoms with Crippen LogP contribution in [0.1, 0.15) is 27.2 Å². The molecule has 1 fully saturated rings. The molecular weight excluding hydrogens is 423 g/mol. The van der Waals surface area contributed by atoms with E-state index in [1.807, 2.05) is 0 Å². The number of benzene rings is 1. The maximum absolute atomic E-state index is 14.6. The number of hydrogen-bond acceptors (Lipinski definition) is 6. The van der Waals surface area contributed by atoms with E-state index in [1.54, 1.807) is 5.38 Å². The second-order valence-corrected chi connectivity index (χ2v) is 10.9. The summed E-state index contributed by atoms with van der Waals surface area (Å²) in [5.41, 5.74) is 6.73. The molecule has 1 heterocycles. The van der Waals surface area contributed by atoms with Crippen LogP contribution in [0.25, 0.3) is 0 Å². The molecule has 0 aliphatic heterocycles. The van der Waals surface area contributed by atoms with Gasteiger partial charge in [0.25, 0.3) is 10.0 Å². The van der Waals surface area contributed by atoms with E-state index in [0.29, 0.717) is 18.2 Å². The number of halogens is 2. The average molecular weight is 447 g/mol. The summed E-state index contributed by atoms with van der Waals surface area (Å²) in [7, 11) is -4.13. The quantitative estimate of drug-likeness (QED) is 0.619. The van der Waals surface area contributed by atoms with Gasteiger partial charge in [0.05, 0.1) is 10.7 Å². The summed E-state index contributed by atoms with van der Waals surface area (Å²) in [4.78, 5) is 3.32. The van der Waals surface area contributed by atoms with Crippen LogP contribution in [0, 0.1) is 23.1 Å². The molecule has 0 radical (unpaired) electrons. The summed E-state index contributed by atoms with van der Waals surface area (Å²) in [6.07, 6.45) is 2.47. The van der Waals surface area contributed by atoms with Gasteiger partial charge in [-0.3, -0.25) is 4.72 Å². The average Bonchev–Trinajstić information content (AvgIpc) is 3.14. The van der Waals surface area contributed by atoms with Gasteiger partial charge in [-0.25, -0.2) is 17.8 Å². The summed E-state index contributed by atoms with van der Waals surface area (Å²) in [5, 5.41) is 5.04. The molecule has 1 saturated carbocycles. The number of nitrogens with two attached hydrogens (primary N) is 1. The molecule has 10 heteroatoms. The van der Waals surface area contributed by atoms with Gasteiger partial charge in [0.2, 0.25) is 0 Å². The normalized spacial score (nSPS) is 24.3. The van der Waals surface area contributed by atoms with Crippen LogP contribution in [0.15, 0.2) is 28.6 Å². The highest BCUT2D eigenvalue weighted by Gasteiger charge is 2.44. The Balaban J connectivity index is 1.79. The number of anilines is 2. The molecule has 28 heavy (non-hydrogen) atoms. The number of rotatable bonds is 6. The Bertz CT molecular complexity index is 951. The fourth-order valence-corrected chi connectivity index (χ4v) is 6.15. The van der Waals surface area contributed by atoms with Gasteiger partial charge in [0, 0.05) is 24.2 Å². The lowest BCUT2D eigenvalue weighted by molar-refractivity contribution is 0.258. The van der Waals surface area contributed by atoms with Crippen LogP contribution < -0.4 is 15.8 Å². The maximum Gasteiger partial charge on any atom is 0.266 e. The largest absolute Gasteiger partial charge is 0.383 e. The monoisotopic (exact) mass is 446 g/mol. The molecule has 1 aromatic heterocycles. The van der Waals surface area contributed by atoms with Crippen molar-refractivity contribution in [1.29, 1.82) is 0 Å². The zero-order chi connectivity index (χ0) is 20.7. The number of nitrogens with one attached hydrogen (secondary N) is 2. The number of aromatic nitrogens is 1. The zero-order valence-electron chi connectivity index (χ0n) is 15.9. The van der Waals surface area contributed by atoms with Crippen molar-refractivity contribution in [1.82, 2.24) is 4.98 Å². The molecule has 3 unspecified atom stereocenters. The van der Waals surface area contributed by atoms with Gasteiger partial charge >= 0.3 is 0 Å². The van der Waals surface area contributed by atoms with Gasteiger partial charge in [-0.05, 0) is 35.8 Å². The molecule has 1 aromatic carbocycles. The highest BCUT2D eigenvalue weighted by atomic mass is 35.5. The molecule has 154 valence electrons. The van der Waals surface area contributed by atoms with Crippen molar-refractivity contribution in [2.24, 2.45) is 23.0 Å². The Labute approximate surface area is 173 Å². The third-order valence-electron chi connectivity index (χ3n) is 5.45. The van der Waals surface area contributed by atoms with Gasteiger partial charge in [-0.15, -0.1) is 11.3 Å². The summed E-state index contributed by atoms with van der Waals surface area (Å²) in [5.74, 6) is -0.297. The fraction of sp³-hybridized carbons (Fsp3) is 0.500. The minimum Gasteiger partial charge on any atom is -0.383 e. The van der Waals surface area contributed by atoms with E-state index in [9.17, 15) is 12.8 Å². The van der Waals surface area contributed by atoms with Crippen LogP contribution in [0.2, 0.25) is 5.02 Å². The molecule has 4 N–H and O–H groups in total. The number of nitrogens with zero attached hydrogens (tertiary/aromatic N) is 1. The van der Waals surface area contributed by atoms with Crippen LogP contribution in [0.3, 0.4) is 0 Å². The molecule has 3 rings (SSSR count). The zero-order valence-corrected chi connectivity index (χ0v) is 18.3. The molecule has 0 spiro atoms. The highest BCUT2D eigenvalue weighted by molar-refractivity contribution is 7.93. The third-order valence-corrected chi connectivity index (χ3v) is 7.94. The molecule has 1 aliphatic carbocycles. The third kappa shape index (κ3) is 4.27. The minimum absolute atomic E-state index is 0.0354. The molecule has 1 aliphatic rings. The molecule has 0 amide bonds. The van der Waals surface area contributed by atoms with Crippen molar-refractivity contribution in [3.63, 3.8) is 0 Å². The van der Waals surface area contributed by atoms with Crippen LogP contribution in [-0.4, -0.2) is 26.0 Å². The van der Waals surface area contributed by atoms with Crippen molar-refractivity contribution in [2.75, 3.05) is 16.6 Å². The molecule has 6 nitrogen and oxygen atoms in total. The van der Waals surface area contributed by atoms with Gasteiger partial charge in [-0.2, -0.15) is 0 Å². The van der Waals surface area contributed by atoms with E-state index in [0.717, 1.165) is 29.9 Å². The van der Waals surface area contributed by atoms with Crippen molar-refractivity contribution in [3.05, 3.63) is 34.5 Å². The lowest BCUT2D eigenvalue weighted by Crippen LogP contribution is -2.38. The first-order valence-electron chi connectivity index (χ1n) is 8.92. The van der Waals surface area contributed by atoms with Crippen LogP contribution >= 0.6 is 22.9 Å². The van der Waals surface area contributed by atoms with Crippen LogP contribution in [0.4, 0.5) is 15.2 Å². The highest BCUT2D eigenvalue weighted by Crippen LogP contribution is 2.45. The van der Waals surface area contributed by atoms with Crippen LogP contribution in [0.5, 0.6) is 0 Å². The van der Waals surface area contributed by atoms with E-state index in [4.69, 9.17) is 17.3 Å². The number of sulfonamides is 1. The Morgan fingerprint density at radius 1 is 1.43 bits per heavy atom.